The Morgan fingerprint density at radius 2 is 1.52 bits per heavy atom. The first-order valence-electron chi connectivity index (χ1n) is 11.8. The number of hydrogen-bond donors (Lipinski definition) is 1. The number of sulfonamides is 1. The number of allylic oxidation sites excluding steroid dienone is 2. The second-order valence-corrected chi connectivity index (χ2v) is 11.7. The lowest BCUT2D eigenvalue weighted by Crippen LogP contribution is -3.15. The minimum absolute atomic E-state index is 0.00114. The fraction of sp³-hybridized carbons (Fsp3) is 0.440. The average Bonchev–Trinajstić information content (AvgIpc) is 3.52. The largest absolute Gasteiger partial charge is 0.331 e. The highest BCUT2D eigenvalue weighted by atomic mass is 32.2. The number of rotatable bonds is 5. The molecule has 1 N–H and O–H groups in total. The molecule has 2 heterocycles. The average molecular weight is 467 g/mol. The zero-order chi connectivity index (χ0) is 22.7. The predicted molar refractivity (Wildman–Crippen MR) is 123 cm³/mol. The van der Waals surface area contributed by atoms with Crippen LogP contribution in [0.1, 0.15) is 6.42 Å². The number of carbonyl (C=O) groups excluding carboxylic acids is 2. The summed E-state index contributed by atoms with van der Waals surface area (Å²) in [5, 5.41) is 1.93. The van der Waals surface area contributed by atoms with Gasteiger partial charge in [0.15, 0.2) is 0 Å². The van der Waals surface area contributed by atoms with Gasteiger partial charge in [-0.1, -0.05) is 42.5 Å². The van der Waals surface area contributed by atoms with Gasteiger partial charge in [-0.05, 0) is 41.2 Å². The van der Waals surface area contributed by atoms with Gasteiger partial charge in [0.2, 0.25) is 21.8 Å². The summed E-state index contributed by atoms with van der Waals surface area (Å²) >= 11 is 0. The van der Waals surface area contributed by atoms with E-state index in [2.05, 4.69) is 12.2 Å². The third kappa shape index (κ3) is 3.34. The minimum atomic E-state index is -3.55. The fourth-order valence-corrected chi connectivity index (χ4v) is 7.70. The van der Waals surface area contributed by atoms with Crippen LogP contribution in [0.4, 0.5) is 0 Å². The summed E-state index contributed by atoms with van der Waals surface area (Å²) in [6.45, 7) is 3.31. The van der Waals surface area contributed by atoms with E-state index in [9.17, 15) is 18.0 Å². The summed E-state index contributed by atoms with van der Waals surface area (Å²) in [6.07, 6.45) is 5.17. The Labute approximate surface area is 193 Å². The SMILES string of the molecule is O=C1[C@@H]2[C@H](C(=O)N1CC[NH+]1CCN(S(=O)(=O)c3ccc4ccccc4c3)CC1)[C@H]1C=C[C@H]2C1. The van der Waals surface area contributed by atoms with E-state index in [0.717, 1.165) is 17.2 Å². The number of quaternary nitrogens is 1. The number of piperazine rings is 1. The van der Waals surface area contributed by atoms with Gasteiger partial charge >= 0.3 is 0 Å². The standard InChI is InChI=1S/C25H27N3O4S/c29-24-22-19-5-6-20(15-19)23(22)25(30)28(24)14-11-26-9-12-27(13-10-26)33(31,32)21-8-7-17-3-1-2-4-18(17)16-21/h1-8,16,19-20,22-23H,9-15H2/p+1/t19-,20-,22-,23+/m0/s1. The fourth-order valence-electron chi connectivity index (χ4n) is 6.22. The molecule has 33 heavy (non-hydrogen) atoms. The van der Waals surface area contributed by atoms with Gasteiger partial charge in [0, 0.05) is 0 Å². The number of fused-ring (bicyclic) bond motifs is 6. The Bertz CT molecular complexity index is 1240. The van der Waals surface area contributed by atoms with Crippen molar-refractivity contribution in [2.75, 3.05) is 39.3 Å². The smallest absolute Gasteiger partial charge is 0.243 e. The summed E-state index contributed by atoms with van der Waals surface area (Å²) in [7, 11) is -3.55. The van der Waals surface area contributed by atoms with Crippen molar-refractivity contribution in [2.24, 2.45) is 23.7 Å². The Hall–Kier alpha value is -2.55. The molecule has 2 amide bonds. The molecule has 2 aromatic carbocycles. The van der Waals surface area contributed by atoms with E-state index in [1.807, 2.05) is 30.3 Å². The molecule has 1 saturated carbocycles. The second kappa shape index (κ2) is 7.75. The Kier molecular flexibility index (Phi) is 4.94. The zero-order valence-electron chi connectivity index (χ0n) is 18.4. The summed E-state index contributed by atoms with van der Waals surface area (Å²) in [4.78, 5) is 28.8. The lowest BCUT2D eigenvalue weighted by atomic mass is 9.85. The van der Waals surface area contributed by atoms with Crippen molar-refractivity contribution < 1.29 is 22.9 Å². The maximum atomic E-state index is 13.2. The van der Waals surface area contributed by atoms with Crippen molar-refractivity contribution in [3.05, 3.63) is 54.6 Å². The minimum Gasteiger partial charge on any atom is -0.331 e. The molecule has 0 aromatic heterocycles. The zero-order valence-corrected chi connectivity index (χ0v) is 19.2. The summed E-state index contributed by atoms with van der Waals surface area (Å²) in [5.41, 5.74) is 0. The van der Waals surface area contributed by atoms with E-state index >= 15 is 0 Å². The molecule has 6 rings (SSSR count). The number of imide groups is 1. The monoisotopic (exact) mass is 466 g/mol. The number of hydrogen-bond acceptors (Lipinski definition) is 4. The molecule has 0 spiro atoms. The van der Waals surface area contributed by atoms with Crippen LogP contribution in [-0.2, 0) is 19.6 Å². The van der Waals surface area contributed by atoms with Gasteiger partial charge in [0.1, 0.15) is 0 Å². The van der Waals surface area contributed by atoms with Gasteiger partial charge in [-0.15, -0.1) is 0 Å². The number of benzene rings is 2. The van der Waals surface area contributed by atoms with E-state index in [-0.39, 0.29) is 35.5 Å². The van der Waals surface area contributed by atoms with Crippen LogP contribution in [0.5, 0.6) is 0 Å². The highest BCUT2D eigenvalue weighted by molar-refractivity contribution is 7.89. The molecule has 2 bridgehead atoms. The van der Waals surface area contributed by atoms with Crippen LogP contribution in [0.25, 0.3) is 10.8 Å². The van der Waals surface area contributed by atoms with Crippen molar-refractivity contribution in [1.82, 2.24) is 9.21 Å². The topological polar surface area (TPSA) is 79.2 Å². The molecule has 4 aliphatic rings. The maximum Gasteiger partial charge on any atom is 0.243 e. The van der Waals surface area contributed by atoms with Gasteiger partial charge in [0.25, 0.3) is 0 Å². The predicted octanol–water partition coefficient (Wildman–Crippen LogP) is 0.536. The van der Waals surface area contributed by atoms with E-state index in [1.54, 1.807) is 16.4 Å². The molecule has 2 aromatic rings. The van der Waals surface area contributed by atoms with Crippen molar-refractivity contribution in [2.45, 2.75) is 11.3 Å². The highest BCUT2D eigenvalue weighted by Gasteiger charge is 2.59. The number of nitrogens with zero attached hydrogens (tertiary/aromatic N) is 2. The van der Waals surface area contributed by atoms with Crippen LogP contribution < -0.4 is 4.90 Å². The van der Waals surface area contributed by atoms with Crippen LogP contribution in [0, 0.1) is 23.7 Å². The Morgan fingerprint density at radius 3 is 2.18 bits per heavy atom. The number of likely N-dealkylation sites (tertiary alicyclic amines) is 1. The van der Waals surface area contributed by atoms with Gasteiger partial charge in [-0.2, -0.15) is 4.31 Å². The van der Waals surface area contributed by atoms with Gasteiger partial charge in [-0.3, -0.25) is 14.5 Å². The van der Waals surface area contributed by atoms with Crippen molar-refractivity contribution >= 4 is 32.6 Å². The van der Waals surface area contributed by atoms with Crippen LogP contribution >= 0.6 is 0 Å². The molecule has 172 valence electrons. The molecule has 2 aliphatic carbocycles. The lowest BCUT2D eigenvalue weighted by molar-refractivity contribution is -0.902. The summed E-state index contributed by atoms with van der Waals surface area (Å²) in [6, 6.07) is 13.0. The van der Waals surface area contributed by atoms with Crippen LogP contribution in [0.15, 0.2) is 59.5 Å². The molecular formula is C25H28N3O4S+. The molecule has 2 saturated heterocycles. The molecule has 7 nitrogen and oxygen atoms in total. The van der Waals surface area contributed by atoms with Crippen LogP contribution in [-0.4, -0.2) is 68.7 Å². The second-order valence-electron chi connectivity index (χ2n) is 9.74. The first-order chi connectivity index (χ1) is 15.9. The maximum absolute atomic E-state index is 13.2. The molecule has 3 fully saturated rings. The van der Waals surface area contributed by atoms with Gasteiger partial charge in [-0.25, -0.2) is 8.42 Å². The van der Waals surface area contributed by atoms with E-state index < -0.39 is 10.0 Å². The molecule has 2 aliphatic heterocycles. The third-order valence-electron chi connectivity index (χ3n) is 8.04. The number of amides is 2. The van der Waals surface area contributed by atoms with Gasteiger partial charge < -0.3 is 4.90 Å². The highest BCUT2D eigenvalue weighted by Crippen LogP contribution is 2.52. The van der Waals surface area contributed by atoms with E-state index in [0.29, 0.717) is 44.2 Å². The molecule has 0 unspecified atom stereocenters. The summed E-state index contributed by atoms with van der Waals surface area (Å²) in [5.74, 6) is 0.172. The van der Waals surface area contributed by atoms with E-state index in [4.69, 9.17) is 0 Å². The lowest BCUT2D eigenvalue weighted by Gasteiger charge is -2.32. The van der Waals surface area contributed by atoms with Crippen molar-refractivity contribution in [1.29, 1.82) is 0 Å². The molecule has 0 radical (unpaired) electrons. The Morgan fingerprint density at radius 1 is 0.879 bits per heavy atom. The van der Waals surface area contributed by atoms with Gasteiger partial charge in [0.05, 0.1) is 56.0 Å². The normalized spacial score (nSPS) is 30.0. The van der Waals surface area contributed by atoms with Crippen molar-refractivity contribution in [3.8, 4) is 0 Å². The quantitative estimate of drug-likeness (QED) is 0.515. The van der Waals surface area contributed by atoms with Crippen LogP contribution in [0.3, 0.4) is 0 Å². The first kappa shape index (κ1) is 21.0. The Balaban J connectivity index is 1.07. The number of nitrogens with one attached hydrogen (secondary N) is 1. The molecular weight excluding hydrogens is 438 g/mol. The first-order valence-corrected chi connectivity index (χ1v) is 13.2. The molecule has 8 heteroatoms. The summed E-state index contributed by atoms with van der Waals surface area (Å²) < 4.78 is 27.9. The third-order valence-corrected chi connectivity index (χ3v) is 9.93. The molecule has 4 atom stereocenters. The van der Waals surface area contributed by atoms with Crippen molar-refractivity contribution in [3.63, 3.8) is 0 Å². The van der Waals surface area contributed by atoms with Crippen LogP contribution in [0.2, 0.25) is 0 Å². The van der Waals surface area contributed by atoms with E-state index in [1.165, 1.54) is 9.80 Å². The number of carbonyl (C=O) groups is 2.